The van der Waals surface area contributed by atoms with Crippen LogP contribution in [-0.4, -0.2) is 17.4 Å². The summed E-state index contributed by atoms with van der Waals surface area (Å²) in [6.45, 7) is 0.894. The highest BCUT2D eigenvalue weighted by Gasteiger charge is 2.20. The lowest BCUT2D eigenvalue weighted by molar-refractivity contribution is -0.115. The average molecular weight is 347 g/mol. The topological polar surface area (TPSA) is 45.2 Å². The number of halogens is 1. The predicted octanol–water partition coefficient (Wildman–Crippen LogP) is 4.10. The number of hydrogen-bond donors (Lipinski definition) is 1. The monoisotopic (exact) mass is 347 g/mol. The Morgan fingerprint density at radius 1 is 1.08 bits per heavy atom. The fraction of sp³-hybridized carbons (Fsp3) is 0.143. The fourth-order valence-corrected chi connectivity index (χ4v) is 3.22. The number of amides is 1. The second-order valence-electron chi connectivity index (χ2n) is 6.25. The molecule has 2 heterocycles. The molecular weight excluding hydrogens is 329 g/mol. The van der Waals surface area contributed by atoms with Gasteiger partial charge in [-0.15, -0.1) is 0 Å². The molecule has 3 aromatic rings. The third kappa shape index (κ3) is 3.28. The number of hydrogen-bond acceptors (Lipinski definition) is 3. The Labute approximate surface area is 151 Å². The van der Waals surface area contributed by atoms with Crippen molar-refractivity contribution in [2.45, 2.75) is 12.8 Å². The van der Waals surface area contributed by atoms with E-state index in [-0.39, 0.29) is 18.1 Å². The zero-order chi connectivity index (χ0) is 17.9. The molecule has 0 bridgehead atoms. The van der Waals surface area contributed by atoms with Gasteiger partial charge >= 0.3 is 0 Å². The zero-order valence-corrected chi connectivity index (χ0v) is 14.2. The Bertz CT molecular complexity index is 940. The summed E-state index contributed by atoms with van der Waals surface area (Å²) in [6.07, 6.45) is 2.63. The maximum absolute atomic E-state index is 13.6. The molecule has 1 aliphatic rings. The first kappa shape index (κ1) is 16.3. The molecule has 1 aliphatic heterocycles. The van der Waals surface area contributed by atoms with Crippen molar-refractivity contribution < 1.29 is 9.18 Å². The number of aromatic nitrogens is 1. The number of nitrogens with one attached hydrogen (secondary N) is 1. The fourth-order valence-electron chi connectivity index (χ4n) is 3.22. The van der Waals surface area contributed by atoms with Crippen LogP contribution in [0.1, 0.15) is 11.1 Å². The molecule has 0 spiro atoms. The first-order valence-corrected chi connectivity index (χ1v) is 8.55. The summed E-state index contributed by atoms with van der Waals surface area (Å²) in [7, 11) is 0. The summed E-state index contributed by atoms with van der Waals surface area (Å²) in [4.78, 5) is 18.8. The molecular formula is C21H18FN3O. The van der Waals surface area contributed by atoms with E-state index in [2.05, 4.69) is 27.3 Å². The van der Waals surface area contributed by atoms with Crippen LogP contribution in [0.15, 0.2) is 66.9 Å². The zero-order valence-electron chi connectivity index (χ0n) is 14.2. The van der Waals surface area contributed by atoms with Crippen molar-refractivity contribution in [2.24, 2.45) is 0 Å². The van der Waals surface area contributed by atoms with E-state index < -0.39 is 0 Å². The number of benzene rings is 2. The SMILES string of the molecule is O=C(Cc1ccccc1F)Nc1ccc(N2CCc3ccccc32)nc1. The molecule has 1 aromatic heterocycles. The normalized spacial score (nSPS) is 12.7. The van der Waals surface area contributed by atoms with Gasteiger partial charge in [-0.3, -0.25) is 4.79 Å². The lowest BCUT2D eigenvalue weighted by Gasteiger charge is -2.18. The minimum atomic E-state index is -0.371. The van der Waals surface area contributed by atoms with Crippen molar-refractivity contribution in [1.29, 1.82) is 0 Å². The molecule has 0 unspecified atom stereocenters. The molecule has 130 valence electrons. The van der Waals surface area contributed by atoms with E-state index in [1.165, 1.54) is 17.3 Å². The van der Waals surface area contributed by atoms with Crippen LogP contribution >= 0.6 is 0 Å². The van der Waals surface area contributed by atoms with Crippen LogP contribution in [0.25, 0.3) is 0 Å². The van der Waals surface area contributed by atoms with Gasteiger partial charge in [0.05, 0.1) is 18.3 Å². The van der Waals surface area contributed by atoms with E-state index in [0.29, 0.717) is 11.3 Å². The van der Waals surface area contributed by atoms with Gasteiger partial charge in [0.25, 0.3) is 0 Å². The molecule has 0 saturated heterocycles. The Morgan fingerprint density at radius 2 is 1.88 bits per heavy atom. The van der Waals surface area contributed by atoms with E-state index in [0.717, 1.165) is 18.8 Å². The number of para-hydroxylation sites is 1. The average Bonchev–Trinajstić information content (AvgIpc) is 3.08. The van der Waals surface area contributed by atoms with E-state index in [1.807, 2.05) is 24.3 Å². The van der Waals surface area contributed by atoms with Crippen LogP contribution < -0.4 is 10.2 Å². The van der Waals surface area contributed by atoms with Crippen LogP contribution in [0.2, 0.25) is 0 Å². The van der Waals surface area contributed by atoms with Gasteiger partial charge in [0, 0.05) is 12.2 Å². The molecule has 0 atom stereocenters. The summed E-state index contributed by atoms with van der Waals surface area (Å²) in [5, 5.41) is 2.77. The van der Waals surface area contributed by atoms with Gasteiger partial charge in [0.2, 0.25) is 5.91 Å². The first-order chi connectivity index (χ1) is 12.7. The van der Waals surface area contributed by atoms with Gasteiger partial charge in [-0.1, -0.05) is 36.4 Å². The van der Waals surface area contributed by atoms with Crippen LogP contribution in [-0.2, 0) is 17.6 Å². The second-order valence-corrected chi connectivity index (χ2v) is 6.25. The predicted molar refractivity (Wildman–Crippen MR) is 100 cm³/mol. The lowest BCUT2D eigenvalue weighted by atomic mass is 10.1. The number of carbonyl (C=O) groups excluding carboxylic acids is 1. The summed E-state index contributed by atoms with van der Waals surface area (Å²) >= 11 is 0. The summed E-state index contributed by atoms with van der Waals surface area (Å²) in [5.74, 6) is 0.210. The minimum absolute atomic E-state index is 0.00603. The summed E-state index contributed by atoms with van der Waals surface area (Å²) in [5.41, 5.74) is 3.47. The van der Waals surface area contributed by atoms with Gasteiger partial charge in [-0.25, -0.2) is 9.37 Å². The molecule has 0 radical (unpaired) electrons. The van der Waals surface area contributed by atoms with Gasteiger partial charge in [-0.2, -0.15) is 0 Å². The summed E-state index contributed by atoms with van der Waals surface area (Å²) < 4.78 is 13.6. The summed E-state index contributed by atoms with van der Waals surface area (Å²) in [6, 6.07) is 18.3. The molecule has 4 rings (SSSR count). The standard InChI is InChI=1S/C21H18FN3O/c22-18-7-3-1-6-16(18)13-21(26)24-17-9-10-20(23-14-17)25-12-11-15-5-2-4-8-19(15)25/h1-10,14H,11-13H2,(H,24,26). The van der Waals surface area contributed by atoms with Crippen LogP contribution in [0.3, 0.4) is 0 Å². The third-order valence-electron chi connectivity index (χ3n) is 4.50. The smallest absolute Gasteiger partial charge is 0.228 e. The molecule has 4 nitrogen and oxygen atoms in total. The van der Waals surface area contributed by atoms with Crippen molar-refractivity contribution in [3.63, 3.8) is 0 Å². The Kier molecular flexibility index (Phi) is 4.35. The van der Waals surface area contributed by atoms with Crippen LogP contribution in [0, 0.1) is 5.82 Å². The third-order valence-corrected chi connectivity index (χ3v) is 4.50. The minimum Gasteiger partial charge on any atom is -0.326 e. The number of pyridine rings is 1. The van der Waals surface area contributed by atoms with Crippen LogP contribution in [0.5, 0.6) is 0 Å². The number of rotatable bonds is 4. The number of fused-ring (bicyclic) bond motifs is 1. The first-order valence-electron chi connectivity index (χ1n) is 8.55. The lowest BCUT2D eigenvalue weighted by Crippen LogP contribution is -2.17. The van der Waals surface area contributed by atoms with Gasteiger partial charge < -0.3 is 10.2 Å². The van der Waals surface area contributed by atoms with E-state index in [9.17, 15) is 9.18 Å². The molecule has 0 aliphatic carbocycles. The highest BCUT2D eigenvalue weighted by molar-refractivity contribution is 5.92. The number of anilines is 3. The Balaban J connectivity index is 1.44. The Hall–Kier alpha value is -3.21. The van der Waals surface area contributed by atoms with Gasteiger partial charge in [0.15, 0.2) is 0 Å². The van der Waals surface area contributed by atoms with Crippen molar-refractivity contribution in [1.82, 2.24) is 4.98 Å². The largest absolute Gasteiger partial charge is 0.326 e. The maximum Gasteiger partial charge on any atom is 0.228 e. The molecule has 1 N–H and O–H groups in total. The van der Waals surface area contributed by atoms with Crippen molar-refractivity contribution >= 4 is 23.1 Å². The molecule has 0 saturated carbocycles. The maximum atomic E-state index is 13.6. The van der Waals surface area contributed by atoms with Crippen molar-refractivity contribution in [2.75, 3.05) is 16.8 Å². The molecule has 26 heavy (non-hydrogen) atoms. The van der Waals surface area contributed by atoms with Crippen molar-refractivity contribution in [3.8, 4) is 0 Å². The van der Waals surface area contributed by atoms with E-state index >= 15 is 0 Å². The van der Waals surface area contributed by atoms with Gasteiger partial charge in [0.1, 0.15) is 11.6 Å². The van der Waals surface area contributed by atoms with E-state index in [4.69, 9.17) is 0 Å². The second kappa shape index (κ2) is 6.96. The number of nitrogens with zero attached hydrogens (tertiary/aromatic N) is 2. The molecule has 5 heteroatoms. The molecule has 0 fully saturated rings. The number of carbonyl (C=O) groups is 1. The van der Waals surface area contributed by atoms with Crippen LogP contribution in [0.4, 0.5) is 21.6 Å². The Morgan fingerprint density at radius 3 is 2.69 bits per heavy atom. The van der Waals surface area contributed by atoms with Gasteiger partial charge in [-0.05, 0) is 41.8 Å². The van der Waals surface area contributed by atoms with E-state index in [1.54, 1.807) is 24.4 Å². The van der Waals surface area contributed by atoms with Crippen molar-refractivity contribution in [3.05, 3.63) is 83.8 Å². The highest BCUT2D eigenvalue weighted by atomic mass is 19.1. The molecule has 2 aromatic carbocycles. The highest BCUT2D eigenvalue weighted by Crippen LogP contribution is 2.33. The quantitative estimate of drug-likeness (QED) is 0.773. The molecule has 1 amide bonds.